The molecule has 0 unspecified atom stereocenters. The predicted octanol–water partition coefficient (Wildman–Crippen LogP) is 4.31. The molecular weight excluding hydrogens is 351 g/mol. The van der Waals surface area contributed by atoms with Gasteiger partial charge in [-0.1, -0.05) is 53.5 Å². The summed E-state index contributed by atoms with van der Waals surface area (Å²) < 4.78 is 6.89. The standard InChI is InChI=1S/C17H12Cl2N2O3/c18-14-7-6-12(8-15(14)19)21-9-13(11-4-2-1-3-5-11)17(20-21)24-10-16(22)23/h1-9H,10H2,(H,22,23). The van der Waals surface area contributed by atoms with E-state index in [2.05, 4.69) is 5.10 Å². The number of nitrogens with zero attached hydrogens (tertiary/aromatic N) is 2. The minimum atomic E-state index is -1.07. The van der Waals surface area contributed by atoms with Crippen LogP contribution in [0.3, 0.4) is 0 Å². The minimum Gasteiger partial charge on any atom is -0.479 e. The lowest BCUT2D eigenvalue weighted by molar-refractivity contribution is -0.139. The molecule has 0 spiro atoms. The molecule has 0 atom stereocenters. The highest BCUT2D eigenvalue weighted by molar-refractivity contribution is 6.42. The lowest BCUT2D eigenvalue weighted by Crippen LogP contribution is -2.10. The van der Waals surface area contributed by atoms with Gasteiger partial charge in [0.2, 0.25) is 5.88 Å². The Labute approximate surface area is 148 Å². The first-order valence-corrected chi connectivity index (χ1v) is 7.75. The molecule has 7 heteroatoms. The fourth-order valence-electron chi connectivity index (χ4n) is 2.17. The van der Waals surface area contributed by atoms with Crippen LogP contribution in [0.25, 0.3) is 16.8 Å². The number of hydrogen-bond acceptors (Lipinski definition) is 3. The van der Waals surface area contributed by atoms with Crippen LogP contribution in [0.4, 0.5) is 0 Å². The number of rotatable bonds is 5. The van der Waals surface area contributed by atoms with E-state index in [0.29, 0.717) is 21.3 Å². The molecule has 0 aliphatic heterocycles. The van der Waals surface area contributed by atoms with Crippen molar-refractivity contribution in [3.63, 3.8) is 0 Å². The number of benzene rings is 2. The van der Waals surface area contributed by atoms with Crippen molar-refractivity contribution in [2.75, 3.05) is 6.61 Å². The van der Waals surface area contributed by atoms with E-state index in [-0.39, 0.29) is 5.88 Å². The summed E-state index contributed by atoms with van der Waals surface area (Å²) in [4.78, 5) is 10.8. The molecular formula is C17H12Cl2N2O3. The first-order chi connectivity index (χ1) is 11.5. The smallest absolute Gasteiger partial charge is 0.341 e. The molecule has 5 nitrogen and oxygen atoms in total. The number of halogens is 2. The molecule has 1 N–H and O–H groups in total. The van der Waals surface area contributed by atoms with Crippen LogP contribution in [-0.4, -0.2) is 27.5 Å². The van der Waals surface area contributed by atoms with Gasteiger partial charge in [-0.2, -0.15) is 0 Å². The monoisotopic (exact) mass is 362 g/mol. The van der Waals surface area contributed by atoms with Gasteiger partial charge in [0.15, 0.2) is 6.61 Å². The fourth-order valence-corrected chi connectivity index (χ4v) is 2.46. The fraction of sp³-hybridized carbons (Fsp3) is 0.0588. The molecule has 3 aromatic rings. The molecule has 0 saturated carbocycles. The maximum absolute atomic E-state index is 10.8. The van der Waals surface area contributed by atoms with Crippen molar-refractivity contribution in [2.45, 2.75) is 0 Å². The normalized spacial score (nSPS) is 10.6. The Morgan fingerprint density at radius 2 is 1.88 bits per heavy atom. The molecule has 0 radical (unpaired) electrons. The van der Waals surface area contributed by atoms with Crippen molar-refractivity contribution in [3.05, 3.63) is 64.8 Å². The van der Waals surface area contributed by atoms with Gasteiger partial charge < -0.3 is 9.84 Å². The minimum absolute atomic E-state index is 0.231. The molecule has 0 aliphatic carbocycles. The summed E-state index contributed by atoms with van der Waals surface area (Å²) in [6.45, 7) is -0.474. The van der Waals surface area contributed by atoms with E-state index in [0.717, 1.165) is 5.56 Å². The Kier molecular flexibility index (Phi) is 4.74. The van der Waals surface area contributed by atoms with Crippen LogP contribution in [-0.2, 0) is 4.79 Å². The summed E-state index contributed by atoms with van der Waals surface area (Å²) in [5.41, 5.74) is 2.24. The molecule has 0 bridgehead atoms. The summed E-state index contributed by atoms with van der Waals surface area (Å²) in [6, 6.07) is 14.5. The van der Waals surface area contributed by atoms with E-state index in [9.17, 15) is 4.79 Å². The first kappa shape index (κ1) is 16.4. The van der Waals surface area contributed by atoms with Crippen molar-refractivity contribution in [1.82, 2.24) is 9.78 Å². The third-order valence-electron chi connectivity index (χ3n) is 3.27. The quantitative estimate of drug-likeness (QED) is 0.734. The van der Waals surface area contributed by atoms with Gasteiger partial charge in [-0.05, 0) is 23.8 Å². The maximum Gasteiger partial charge on any atom is 0.341 e. The van der Waals surface area contributed by atoms with Crippen LogP contribution in [0.1, 0.15) is 0 Å². The number of ether oxygens (including phenoxy) is 1. The van der Waals surface area contributed by atoms with Crippen LogP contribution >= 0.6 is 23.2 Å². The Bertz CT molecular complexity index is 879. The van der Waals surface area contributed by atoms with Gasteiger partial charge in [0.1, 0.15) is 0 Å². The zero-order valence-electron chi connectivity index (χ0n) is 12.3. The number of hydrogen-bond donors (Lipinski definition) is 1. The average Bonchev–Trinajstić information content (AvgIpc) is 3.00. The van der Waals surface area contributed by atoms with Crippen molar-refractivity contribution in [3.8, 4) is 22.7 Å². The highest BCUT2D eigenvalue weighted by Gasteiger charge is 2.15. The molecule has 0 saturated heterocycles. The number of carboxylic acids is 1. The van der Waals surface area contributed by atoms with E-state index in [1.54, 1.807) is 29.1 Å². The van der Waals surface area contributed by atoms with Crippen LogP contribution in [0.2, 0.25) is 10.0 Å². The zero-order valence-corrected chi connectivity index (χ0v) is 13.8. The molecule has 1 heterocycles. The van der Waals surface area contributed by atoms with E-state index < -0.39 is 12.6 Å². The molecule has 1 aromatic heterocycles. The summed E-state index contributed by atoms with van der Waals surface area (Å²) in [5, 5.41) is 14.0. The number of carboxylic acid groups (broad SMARTS) is 1. The van der Waals surface area contributed by atoms with Gasteiger partial charge in [0, 0.05) is 6.20 Å². The molecule has 0 fully saturated rings. The predicted molar refractivity (Wildman–Crippen MR) is 92.2 cm³/mol. The summed E-state index contributed by atoms with van der Waals surface area (Å²) in [7, 11) is 0. The number of aliphatic carboxylic acids is 1. The van der Waals surface area contributed by atoms with E-state index in [1.807, 2.05) is 30.3 Å². The lowest BCUT2D eigenvalue weighted by Gasteiger charge is -2.03. The number of carbonyl (C=O) groups is 1. The van der Waals surface area contributed by atoms with E-state index in [4.69, 9.17) is 33.0 Å². The largest absolute Gasteiger partial charge is 0.479 e. The topological polar surface area (TPSA) is 64.3 Å². The second kappa shape index (κ2) is 6.95. The zero-order chi connectivity index (χ0) is 17.1. The molecule has 2 aromatic carbocycles. The molecule has 24 heavy (non-hydrogen) atoms. The van der Waals surface area contributed by atoms with Crippen molar-refractivity contribution in [1.29, 1.82) is 0 Å². The van der Waals surface area contributed by atoms with Gasteiger partial charge in [0.25, 0.3) is 0 Å². The highest BCUT2D eigenvalue weighted by atomic mass is 35.5. The third-order valence-corrected chi connectivity index (χ3v) is 4.00. The van der Waals surface area contributed by atoms with Gasteiger partial charge in [-0.3, -0.25) is 0 Å². The van der Waals surface area contributed by atoms with Crippen molar-refractivity contribution >= 4 is 29.2 Å². The van der Waals surface area contributed by atoms with Crippen LogP contribution < -0.4 is 4.74 Å². The molecule has 0 amide bonds. The molecule has 0 aliphatic rings. The Hall–Kier alpha value is -2.50. The first-order valence-electron chi connectivity index (χ1n) is 6.99. The summed E-state index contributed by atoms with van der Waals surface area (Å²) in [6.07, 6.45) is 1.76. The number of aromatic nitrogens is 2. The van der Waals surface area contributed by atoms with Crippen LogP contribution in [0.5, 0.6) is 5.88 Å². The summed E-state index contributed by atoms with van der Waals surface area (Å²) >= 11 is 12.0. The van der Waals surface area contributed by atoms with Gasteiger partial charge >= 0.3 is 5.97 Å². The van der Waals surface area contributed by atoms with Gasteiger partial charge in [0.05, 0.1) is 21.3 Å². The average molecular weight is 363 g/mol. The molecule has 122 valence electrons. The van der Waals surface area contributed by atoms with Gasteiger partial charge in [-0.15, -0.1) is 5.10 Å². The third kappa shape index (κ3) is 3.53. The second-order valence-electron chi connectivity index (χ2n) is 4.94. The SMILES string of the molecule is O=C(O)COc1nn(-c2ccc(Cl)c(Cl)c2)cc1-c1ccccc1. The van der Waals surface area contributed by atoms with Gasteiger partial charge in [-0.25, -0.2) is 9.48 Å². The van der Waals surface area contributed by atoms with E-state index in [1.165, 1.54) is 0 Å². The van der Waals surface area contributed by atoms with Crippen molar-refractivity contribution < 1.29 is 14.6 Å². The Morgan fingerprint density at radius 1 is 1.12 bits per heavy atom. The van der Waals surface area contributed by atoms with Crippen molar-refractivity contribution in [2.24, 2.45) is 0 Å². The Balaban J connectivity index is 2.05. The Morgan fingerprint density at radius 3 is 2.54 bits per heavy atom. The van der Waals surface area contributed by atoms with E-state index >= 15 is 0 Å². The van der Waals surface area contributed by atoms with Crippen LogP contribution in [0.15, 0.2) is 54.7 Å². The highest BCUT2D eigenvalue weighted by Crippen LogP contribution is 2.31. The molecule has 3 rings (SSSR count). The lowest BCUT2D eigenvalue weighted by atomic mass is 10.1. The van der Waals surface area contributed by atoms with Crippen LogP contribution in [0, 0.1) is 0 Å². The second-order valence-corrected chi connectivity index (χ2v) is 5.75. The maximum atomic E-state index is 10.8. The summed E-state index contributed by atoms with van der Waals surface area (Å²) in [5.74, 6) is -0.840.